The Bertz CT molecular complexity index is 560. The number of halogens is 1. The van der Waals surface area contributed by atoms with Crippen molar-refractivity contribution in [3.05, 3.63) is 58.3 Å². The molecule has 2 rings (SSSR count). The topological polar surface area (TPSA) is 48.1 Å². The molecule has 2 N–H and O–H groups in total. The van der Waals surface area contributed by atoms with Crippen molar-refractivity contribution in [1.29, 1.82) is 0 Å². The van der Waals surface area contributed by atoms with E-state index in [1.807, 2.05) is 30.3 Å². The highest BCUT2D eigenvalue weighted by Gasteiger charge is 2.11. The number of para-hydroxylation sites is 1. The molecule has 1 aromatic heterocycles. The Morgan fingerprint density at radius 1 is 1.24 bits per heavy atom. The van der Waals surface area contributed by atoms with Crippen LogP contribution >= 0.6 is 15.9 Å². The first-order chi connectivity index (χ1) is 10.2. The van der Waals surface area contributed by atoms with Gasteiger partial charge in [0.15, 0.2) is 0 Å². The summed E-state index contributed by atoms with van der Waals surface area (Å²) >= 11 is 3.56. The van der Waals surface area contributed by atoms with E-state index < -0.39 is 0 Å². The summed E-state index contributed by atoms with van der Waals surface area (Å²) < 4.78 is 6.95. The van der Waals surface area contributed by atoms with Crippen LogP contribution in [-0.2, 0) is 12.8 Å². The summed E-state index contributed by atoms with van der Waals surface area (Å²) in [6.07, 6.45) is 4.38. The summed E-state index contributed by atoms with van der Waals surface area (Å²) in [7, 11) is 0. The van der Waals surface area contributed by atoms with Crippen molar-refractivity contribution in [3.8, 4) is 5.75 Å². The molecule has 0 spiro atoms. The Balaban J connectivity index is 2.01. The molecule has 0 bridgehead atoms. The summed E-state index contributed by atoms with van der Waals surface area (Å²) in [4.78, 5) is 4.30. The van der Waals surface area contributed by atoms with Crippen LogP contribution < -0.4 is 10.5 Å². The van der Waals surface area contributed by atoms with Crippen LogP contribution in [0, 0.1) is 0 Å². The van der Waals surface area contributed by atoms with E-state index >= 15 is 0 Å². The van der Waals surface area contributed by atoms with Gasteiger partial charge in [0.05, 0.1) is 11.1 Å². The molecule has 0 aliphatic heterocycles. The maximum atomic E-state index is 6.06. The summed E-state index contributed by atoms with van der Waals surface area (Å²) in [5.74, 6) is 0.900. The quantitative estimate of drug-likeness (QED) is 0.828. The number of nitrogens with two attached hydrogens (primary N) is 1. The van der Waals surface area contributed by atoms with Gasteiger partial charge in [0.1, 0.15) is 5.75 Å². The van der Waals surface area contributed by atoms with Crippen molar-refractivity contribution in [1.82, 2.24) is 4.98 Å². The number of hydrogen-bond donors (Lipinski definition) is 1. The molecule has 2 aromatic rings. The molecular weight excluding hydrogens is 328 g/mol. The maximum absolute atomic E-state index is 6.06. The smallest absolute Gasteiger partial charge is 0.136 e. The molecule has 0 saturated carbocycles. The highest BCUT2D eigenvalue weighted by atomic mass is 79.9. The molecule has 1 atom stereocenters. The standard InChI is InChI=1S/C17H21BrN2O/c1-2-14(19)12-13-6-5-8-16(18)17(13)21-11-9-15-7-3-4-10-20-15/h3-8,10,14H,2,9,11-12,19H2,1H3. The molecule has 0 fully saturated rings. The molecule has 0 amide bonds. The number of benzene rings is 1. The molecule has 4 heteroatoms. The van der Waals surface area contributed by atoms with Crippen LogP contribution in [0.3, 0.4) is 0 Å². The average Bonchev–Trinajstić information content (AvgIpc) is 2.51. The third-order valence-electron chi connectivity index (χ3n) is 3.39. The fourth-order valence-corrected chi connectivity index (χ4v) is 2.63. The van der Waals surface area contributed by atoms with Gasteiger partial charge in [0.25, 0.3) is 0 Å². The fourth-order valence-electron chi connectivity index (χ4n) is 2.11. The van der Waals surface area contributed by atoms with Gasteiger partial charge in [0, 0.05) is 24.4 Å². The monoisotopic (exact) mass is 348 g/mol. The van der Waals surface area contributed by atoms with Gasteiger partial charge in [-0.1, -0.05) is 25.1 Å². The summed E-state index contributed by atoms with van der Waals surface area (Å²) in [6.45, 7) is 2.71. The van der Waals surface area contributed by atoms with Crippen LogP contribution in [-0.4, -0.2) is 17.6 Å². The maximum Gasteiger partial charge on any atom is 0.136 e. The number of ether oxygens (including phenoxy) is 1. The lowest BCUT2D eigenvalue weighted by atomic mass is 10.0. The Labute approximate surface area is 134 Å². The Hall–Kier alpha value is -1.39. The minimum Gasteiger partial charge on any atom is -0.492 e. The van der Waals surface area contributed by atoms with Gasteiger partial charge in [-0.2, -0.15) is 0 Å². The van der Waals surface area contributed by atoms with E-state index in [0.717, 1.165) is 40.7 Å². The van der Waals surface area contributed by atoms with Gasteiger partial charge in [-0.05, 0) is 52.5 Å². The third-order valence-corrected chi connectivity index (χ3v) is 4.01. The van der Waals surface area contributed by atoms with E-state index in [9.17, 15) is 0 Å². The van der Waals surface area contributed by atoms with Crippen molar-refractivity contribution in [2.75, 3.05) is 6.61 Å². The minimum absolute atomic E-state index is 0.164. The van der Waals surface area contributed by atoms with Gasteiger partial charge in [0.2, 0.25) is 0 Å². The van der Waals surface area contributed by atoms with Crippen LogP contribution in [0.4, 0.5) is 0 Å². The van der Waals surface area contributed by atoms with E-state index in [0.29, 0.717) is 6.61 Å². The number of aromatic nitrogens is 1. The van der Waals surface area contributed by atoms with Crippen LogP contribution in [0.2, 0.25) is 0 Å². The minimum atomic E-state index is 0.164. The second kappa shape index (κ2) is 8.15. The Morgan fingerprint density at radius 3 is 2.81 bits per heavy atom. The van der Waals surface area contributed by atoms with Crippen molar-refractivity contribution < 1.29 is 4.74 Å². The predicted octanol–water partition coefficient (Wildman–Crippen LogP) is 3.75. The second-order valence-electron chi connectivity index (χ2n) is 5.02. The van der Waals surface area contributed by atoms with E-state index in [2.05, 4.69) is 33.9 Å². The van der Waals surface area contributed by atoms with Crippen LogP contribution in [0.5, 0.6) is 5.75 Å². The predicted molar refractivity (Wildman–Crippen MR) is 89.5 cm³/mol. The zero-order valence-electron chi connectivity index (χ0n) is 12.3. The van der Waals surface area contributed by atoms with E-state index in [-0.39, 0.29) is 6.04 Å². The van der Waals surface area contributed by atoms with E-state index in [4.69, 9.17) is 10.5 Å². The Kier molecular flexibility index (Phi) is 6.21. The first-order valence-corrected chi connectivity index (χ1v) is 8.05. The van der Waals surface area contributed by atoms with Crippen LogP contribution in [0.1, 0.15) is 24.6 Å². The van der Waals surface area contributed by atoms with E-state index in [1.165, 1.54) is 0 Å². The molecule has 112 valence electrons. The van der Waals surface area contributed by atoms with Crippen LogP contribution in [0.25, 0.3) is 0 Å². The molecule has 0 saturated heterocycles. The molecule has 1 heterocycles. The summed E-state index contributed by atoms with van der Waals surface area (Å²) in [5.41, 5.74) is 8.25. The van der Waals surface area contributed by atoms with Crippen LogP contribution in [0.15, 0.2) is 47.1 Å². The lowest BCUT2D eigenvalue weighted by Gasteiger charge is -2.15. The van der Waals surface area contributed by atoms with Gasteiger partial charge >= 0.3 is 0 Å². The molecule has 1 aromatic carbocycles. The number of pyridine rings is 1. The number of rotatable bonds is 7. The summed E-state index contributed by atoms with van der Waals surface area (Å²) in [5, 5.41) is 0. The highest BCUT2D eigenvalue weighted by Crippen LogP contribution is 2.30. The zero-order chi connectivity index (χ0) is 15.1. The summed E-state index contributed by atoms with van der Waals surface area (Å²) in [6, 6.07) is 12.2. The van der Waals surface area contributed by atoms with Crippen molar-refractivity contribution in [3.63, 3.8) is 0 Å². The lowest BCUT2D eigenvalue weighted by Crippen LogP contribution is -2.22. The molecule has 0 aliphatic rings. The third kappa shape index (κ3) is 4.83. The van der Waals surface area contributed by atoms with E-state index in [1.54, 1.807) is 6.20 Å². The van der Waals surface area contributed by atoms with Gasteiger partial charge < -0.3 is 10.5 Å². The largest absolute Gasteiger partial charge is 0.492 e. The second-order valence-corrected chi connectivity index (χ2v) is 5.87. The molecule has 21 heavy (non-hydrogen) atoms. The molecular formula is C17H21BrN2O. The molecule has 3 nitrogen and oxygen atoms in total. The average molecular weight is 349 g/mol. The van der Waals surface area contributed by atoms with Gasteiger partial charge in [-0.15, -0.1) is 0 Å². The number of hydrogen-bond acceptors (Lipinski definition) is 3. The zero-order valence-corrected chi connectivity index (χ0v) is 13.8. The number of nitrogens with zero attached hydrogens (tertiary/aromatic N) is 1. The van der Waals surface area contributed by atoms with Crippen molar-refractivity contribution in [2.24, 2.45) is 5.73 Å². The van der Waals surface area contributed by atoms with Gasteiger partial charge in [-0.25, -0.2) is 0 Å². The Morgan fingerprint density at radius 2 is 2.10 bits per heavy atom. The van der Waals surface area contributed by atoms with Gasteiger partial charge in [-0.3, -0.25) is 4.98 Å². The molecule has 0 aliphatic carbocycles. The first kappa shape index (κ1) is 16.0. The molecule has 1 unspecified atom stereocenters. The SMILES string of the molecule is CCC(N)Cc1cccc(Br)c1OCCc1ccccn1. The lowest BCUT2D eigenvalue weighted by molar-refractivity contribution is 0.314. The fraction of sp³-hybridized carbons (Fsp3) is 0.353. The van der Waals surface area contributed by atoms with Crippen molar-refractivity contribution in [2.45, 2.75) is 32.2 Å². The first-order valence-electron chi connectivity index (χ1n) is 7.26. The highest BCUT2D eigenvalue weighted by molar-refractivity contribution is 9.10. The normalized spacial score (nSPS) is 12.1. The van der Waals surface area contributed by atoms with Crippen molar-refractivity contribution >= 4 is 15.9 Å². The molecule has 0 radical (unpaired) electrons.